The topological polar surface area (TPSA) is 109 Å². The fourth-order valence-corrected chi connectivity index (χ4v) is 3.21. The summed E-state index contributed by atoms with van der Waals surface area (Å²) < 4.78 is 20.1. The van der Waals surface area contributed by atoms with Gasteiger partial charge >= 0.3 is 12.1 Å². The van der Waals surface area contributed by atoms with E-state index in [0.717, 1.165) is 6.20 Å². The Labute approximate surface area is 164 Å². The van der Waals surface area contributed by atoms with Gasteiger partial charge in [-0.1, -0.05) is 0 Å². The van der Waals surface area contributed by atoms with Gasteiger partial charge in [0, 0.05) is 30.4 Å². The third kappa shape index (κ3) is 3.50. The molecule has 1 aliphatic heterocycles. The highest BCUT2D eigenvalue weighted by Gasteiger charge is 2.41. The normalized spacial score (nSPS) is 18.7. The predicted molar refractivity (Wildman–Crippen MR) is 99.9 cm³/mol. The van der Waals surface area contributed by atoms with Gasteiger partial charge in [0.05, 0.1) is 22.2 Å². The van der Waals surface area contributed by atoms with Gasteiger partial charge in [-0.15, -0.1) is 12.6 Å². The van der Waals surface area contributed by atoms with E-state index in [1.807, 2.05) is 0 Å². The fourth-order valence-electron chi connectivity index (χ4n) is 2.91. The number of halogens is 1. The maximum atomic E-state index is 15.0. The van der Waals surface area contributed by atoms with Crippen LogP contribution in [0.15, 0.2) is 35.5 Å². The molecular formula is C18H16FN3O5S. The van der Waals surface area contributed by atoms with Gasteiger partial charge in [-0.05, 0) is 25.1 Å². The molecule has 2 aromatic rings. The van der Waals surface area contributed by atoms with Crippen molar-refractivity contribution >= 4 is 36.3 Å². The maximum Gasteiger partial charge on any atom is 0.416 e. The minimum absolute atomic E-state index is 0.0861. The Hall–Kier alpha value is -3.14. The molecule has 0 radical (unpaired) electrons. The van der Waals surface area contributed by atoms with E-state index < -0.39 is 30.1 Å². The highest BCUT2D eigenvalue weighted by Crippen LogP contribution is 2.37. The summed E-state index contributed by atoms with van der Waals surface area (Å²) in [7, 11) is 0. The summed E-state index contributed by atoms with van der Waals surface area (Å²) in [6.07, 6.45) is 0.862. The first kappa shape index (κ1) is 19.6. The molecule has 10 heteroatoms. The molecule has 1 saturated heterocycles. The van der Waals surface area contributed by atoms with Crippen LogP contribution in [0.3, 0.4) is 0 Å². The fraction of sp³-hybridized carbons (Fsp3) is 0.222. The van der Waals surface area contributed by atoms with Crippen LogP contribution < -0.4 is 10.2 Å². The first-order valence-corrected chi connectivity index (χ1v) is 8.62. The standard InChI is InChI=1S/C18H16FN3O5S/c1-8-16(21-9(2)23)27-18(26)22(8)13-4-3-12(14(19)15(13)28)10-5-11(17(24)25)7-20-6-10/h3-8,16,28H,1-2H3,(H,21,23)(H,24,25)/t8?,16-/m0/s1. The van der Waals surface area contributed by atoms with E-state index in [-0.39, 0.29) is 33.2 Å². The average Bonchev–Trinajstić information content (AvgIpc) is 2.90. The van der Waals surface area contributed by atoms with Gasteiger partial charge in [0.15, 0.2) is 6.23 Å². The van der Waals surface area contributed by atoms with Crippen LogP contribution in [-0.2, 0) is 9.53 Å². The molecule has 1 fully saturated rings. The molecule has 2 amide bonds. The molecule has 28 heavy (non-hydrogen) atoms. The number of carboxylic acids is 1. The van der Waals surface area contributed by atoms with Crippen LogP contribution in [0.4, 0.5) is 14.9 Å². The van der Waals surface area contributed by atoms with Gasteiger partial charge < -0.3 is 15.2 Å². The number of carboxylic acid groups (broad SMARTS) is 1. The van der Waals surface area contributed by atoms with E-state index >= 15 is 0 Å². The van der Waals surface area contributed by atoms with Crippen molar-refractivity contribution in [1.29, 1.82) is 0 Å². The first-order chi connectivity index (χ1) is 13.2. The second-order valence-electron chi connectivity index (χ2n) is 6.18. The molecule has 0 saturated carbocycles. The largest absolute Gasteiger partial charge is 0.478 e. The van der Waals surface area contributed by atoms with Gasteiger partial charge in [0.25, 0.3) is 0 Å². The summed E-state index contributed by atoms with van der Waals surface area (Å²) in [6.45, 7) is 2.94. The molecule has 0 bridgehead atoms. The zero-order valence-electron chi connectivity index (χ0n) is 14.8. The van der Waals surface area contributed by atoms with E-state index in [1.54, 1.807) is 6.92 Å². The third-order valence-corrected chi connectivity index (χ3v) is 4.69. The summed E-state index contributed by atoms with van der Waals surface area (Å²) >= 11 is 4.20. The van der Waals surface area contributed by atoms with Gasteiger partial charge in [-0.2, -0.15) is 0 Å². The highest BCUT2D eigenvalue weighted by molar-refractivity contribution is 7.80. The number of ether oxygens (including phenoxy) is 1. The molecule has 1 unspecified atom stereocenters. The number of hydrogen-bond donors (Lipinski definition) is 3. The molecule has 2 atom stereocenters. The van der Waals surface area contributed by atoms with Gasteiger partial charge in [0.1, 0.15) is 5.82 Å². The second-order valence-corrected chi connectivity index (χ2v) is 6.62. The van der Waals surface area contributed by atoms with Gasteiger partial charge in [0.2, 0.25) is 5.91 Å². The number of nitrogens with one attached hydrogen (secondary N) is 1. The van der Waals surface area contributed by atoms with Crippen LogP contribution in [0.2, 0.25) is 0 Å². The number of anilines is 1. The number of aromatic carboxylic acids is 1. The lowest BCUT2D eigenvalue weighted by Gasteiger charge is -2.23. The smallest absolute Gasteiger partial charge is 0.416 e. The molecule has 2 heterocycles. The zero-order valence-corrected chi connectivity index (χ0v) is 15.7. The second kappa shape index (κ2) is 7.47. The number of carbonyl (C=O) groups excluding carboxylic acids is 2. The van der Waals surface area contributed by atoms with Crippen molar-refractivity contribution < 1.29 is 28.6 Å². The SMILES string of the molecule is CC(=O)N[C@H]1OC(=O)N(c2ccc(-c3cncc(C(=O)O)c3)c(F)c2S)C1C. The molecule has 1 aromatic heterocycles. The Balaban J connectivity index is 1.99. The van der Waals surface area contributed by atoms with Gasteiger partial charge in [-0.25, -0.2) is 14.0 Å². The summed E-state index contributed by atoms with van der Waals surface area (Å²) in [4.78, 5) is 39.5. The van der Waals surface area contributed by atoms with E-state index in [9.17, 15) is 18.8 Å². The molecule has 3 rings (SSSR count). The van der Waals surface area contributed by atoms with E-state index in [4.69, 9.17) is 9.84 Å². The summed E-state index contributed by atoms with van der Waals surface area (Å²) in [5.41, 5.74) is 0.421. The Morgan fingerprint density at radius 2 is 2.07 bits per heavy atom. The molecule has 8 nitrogen and oxygen atoms in total. The number of aromatic nitrogens is 1. The predicted octanol–water partition coefficient (Wildman–Crippen LogP) is 2.68. The first-order valence-electron chi connectivity index (χ1n) is 8.17. The van der Waals surface area contributed by atoms with Crippen molar-refractivity contribution in [3.05, 3.63) is 42.0 Å². The monoisotopic (exact) mass is 405 g/mol. The van der Waals surface area contributed by atoms with Crippen molar-refractivity contribution in [1.82, 2.24) is 10.3 Å². The number of carbonyl (C=O) groups is 3. The summed E-state index contributed by atoms with van der Waals surface area (Å²) in [5, 5.41) is 11.6. The van der Waals surface area contributed by atoms with Crippen LogP contribution in [0.5, 0.6) is 0 Å². The number of pyridine rings is 1. The Morgan fingerprint density at radius 1 is 1.36 bits per heavy atom. The minimum Gasteiger partial charge on any atom is -0.478 e. The molecule has 0 spiro atoms. The van der Waals surface area contributed by atoms with Crippen molar-refractivity contribution in [2.75, 3.05) is 4.90 Å². The maximum absolute atomic E-state index is 15.0. The van der Waals surface area contributed by atoms with E-state index in [1.165, 1.54) is 36.2 Å². The molecule has 146 valence electrons. The number of benzene rings is 1. The number of cyclic esters (lactones) is 1. The molecule has 1 aromatic carbocycles. The van der Waals surface area contributed by atoms with E-state index in [0.29, 0.717) is 0 Å². The minimum atomic E-state index is -1.19. The third-order valence-electron chi connectivity index (χ3n) is 4.27. The van der Waals surface area contributed by atoms with Crippen LogP contribution in [0, 0.1) is 5.82 Å². The number of nitrogens with zero attached hydrogens (tertiary/aromatic N) is 2. The highest BCUT2D eigenvalue weighted by atomic mass is 32.1. The van der Waals surface area contributed by atoms with Crippen molar-refractivity contribution in [2.45, 2.75) is 31.0 Å². The van der Waals surface area contributed by atoms with Crippen LogP contribution in [0.1, 0.15) is 24.2 Å². The Kier molecular flexibility index (Phi) is 5.23. The average molecular weight is 405 g/mol. The quantitative estimate of drug-likeness (QED) is 0.675. The molecular weight excluding hydrogens is 389 g/mol. The van der Waals surface area contributed by atoms with Gasteiger partial charge in [-0.3, -0.25) is 14.7 Å². The number of rotatable bonds is 4. The number of amides is 2. The van der Waals surface area contributed by atoms with Crippen molar-refractivity contribution in [3.8, 4) is 11.1 Å². The lowest BCUT2D eigenvalue weighted by atomic mass is 10.0. The Bertz CT molecular complexity index is 984. The number of thiol groups is 1. The van der Waals surface area contributed by atoms with Crippen molar-refractivity contribution in [3.63, 3.8) is 0 Å². The van der Waals surface area contributed by atoms with Crippen LogP contribution >= 0.6 is 12.6 Å². The lowest BCUT2D eigenvalue weighted by Crippen LogP contribution is -2.43. The lowest BCUT2D eigenvalue weighted by molar-refractivity contribution is -0.121. The summed E-state index contributed by atoms with van der Waals surface area (Å²) in [5.74, 6) is -2.30. The van der Waals surface area contributed by atoms with E-state index in [2.05, 4.69) is 22.9 Å². The molecule has 0 aliphatic carbocycles. The summed E-state index contributed by atoms with van der Waals surface area (Å²) in [6, 6.07) is 3.57. The van der Waals surface area contributed by atoms with Crippen LogP contribution in [0.25, 0.3) is 11.1 Å². The molecule has 1 aliphatic rings. The zero-order chi connectivity index (χ0) is 20.6. The Morgan fingerprint density at radius 3 is 2.71 bits per heavy atom. The van der Waals surface area contributed by atoms with Crippen molar-refractivity contribution in [2.24, 2.45) is 0 Å². The number of hydrogen-bond acceptors (Lipinski definition) is 6. The molecule has 2 N–H and O–H groups in total. The van der Waals surface area contributed by atoms with Crippen LogP contribution in [-0.4, -0.2) is 40.3 Å².